The van der Waals surface area contributed by atoms with E-state index in [9.17, 15) is 4.79 Å². The van der Waals surface area contributed by atoms with E-state index < -0.39 is 6.09 Å². The lowest BCUT2D eigenvalue weighted by Crippen LogP contribution is -2.17. The summed E-state index contributed by atoms with van der Waals surface area (Å²) in [4.78, 5) is 10.3. The van der Waals surface area contributed by atoms with Gasteiger partial charge in [-0.1, -0.05) is 0 Å². The zero-order chi connectivity index (χ0) is 6.57. The summed E-state index contributed by atoms with van der Waals surface area (Å²) in [5.41, 5.74) is 0. The fourth-order valence-electron chi connectivity index (χ4n) is 0.212. The number of rotatable bonds is 1. The van der Waals surface area contributed by atoms with Gasteiger partial charge in [0.2, 0.25) is 0 Å². The van der Waals surface area contributed by atoms with E-state index in [4.69, 9.17) is 11.8 Å². The van der Waals surface area contributed by atoms with Crippen LogP contribution in [0.25, 0.3) is 0 Å². The molecule has 0 fully saturated rings. The molecule has 0 saturated carbocycles. The first-order valence-corrected chi connectivity index (χ1v) is 2.58. The smallest absolute Gasteiger partial charge is 0.424 e. The van der Waals surface area contributed by atoms with Gasteiger partial charge in [-0.2, -0.15) is 0 Å². The molecular formula is C4H8ClNO2. The number of nitrogens with zero attached hydrogens (tertiary/aromatic N) is 1. The highest BCUT2D eigenvalue weighted by atomic mass is 35.5. The molecule has 0 saturated heterocycles. The largest absolute Gasteiger partial charge is 0.449 e. The molecular weight excluding hydrogens is 130 g/mol. The van der Waals surface area contributed by atoms with Crippen molar-refractivity contribution in [2.45, 2.75) is 6.92 Å². The van der Waals surface area contributed by atoms with Crippen LogP contribution in [0.2, 0.25) is 0 Å². The number of carbonyl (C=O) groups excluding carboxylic acids is 1. The summed E-state index contributed by atoms with van der Waals surface area (Å²) >= 11 is 5.17. The first kappa shape index (κ1) is 7.56. The fourth-order valence-corrected chi connectivity index (χ4v) is 0.261. The van der Waals surface area contributed by atoms with E-state index >= 15 is 0 Å². The third kappa shape index (κ3) is 2.69. The van der Waals surface area contributed by atoms with Gasteiger partial charge in [0.15, 0.2) is 0 Å². The summed E-state index contributed by atoms with van der Waals surface area (Å²) in [6, 6.07) is 0. The van der Waals surface area contributed by atoms with Gasteiger partial charge in [-0.05, 0) is 6.92 Å². The van der Waals surface area contributed by atoms with Crippen molar-refractivity contribution in [3.05, 3.63) is 0 Å². The predicted octanol–water partition coefficient (Wildman–Crippen LogP) is 1.23. The summed E-state index contributed by atoms with van der Waals surface area (Å²) < 4.78 is 5.32. The lowest BCUT2D eigenvalue weighted by atomic mass is 10.9. The second-order valence-corrected chi connectivity index (χ2v) is 1.68. The second-order valence-electron chi connectivity index (χ2n) is 1.18. The molecule has 0 bridgehead atoms. The van der Waals surface area contributed by atoms with Crippen molar-refractivity contribution in [3.8, 4) is 0 Å². The average Bonchev–Trinajstić information content (AvgIpc) is 1.67. The van der Waals surface area contributed by atoms with Gasteiger partial charge in [-0.3, -0.25) is 0 Å². The third-order valence-electron chi connectivity index (χ3n) is 0.519. The zero-order valence-electron chi connectivity index (χ0n) is 4.85. The summed E-state index contributed by atoms with van der Waals surface area (Å²) in [6.45, 7) is 2.08. The molecule has 0 N–H and O–H groups in total. The Kier molecular flexibility index (Phi) is 3.35. The van der Waals surface area contributed by atoms with E-state index in [1.807, 2.05) is 0 Å². The van der Waals surface area contributed by atoms with Crippen LogP contribution in [0.1, 0.15) is 6.92 Å². The lowest BCUT2D eigenvalue weighted by Gasteiger charge is -2.04. The van der Waals surface area contributed by atoms with Crippen molar-refractivity contribution >= 4 is 17.9 Å². The van der Waals surface area contributed by atoms with Crippen molar-refractivity contribution in [2.24, 2.45) is 0 Å². The van der Waals surface area contributed by atoms with E-state index in [-0.39, 0.29) is 0 Å². The van der Waals surface area contributed by atoms with E-state index in [1.54, 1.807) is 6.92 Å². The van der Waals surface area contributed by atoms with E-state index in [0.717, 1.165) is 4.42 Å². The van der Waals surface area contributed by atoms with Crippen LogP contribution in [0.3, 0.4) is 0 Å². The maximum Gasteiger partial charge on any atom is 0.424 e. The number of amides is 1. The fraction of sp³-hybridized carbons (Fsp3) is 0.750. The van der Waals surface area contributed by atoms with E-state index in [0.29, 0.717) is 6.61 Å². The van der Waals surface area contributed by atoms with Gasteiger partial charge in [-0.15, -0.1) is 0 Å². The Hall–Kier alpha value is -0.440. The average molecular weight is 138 g/mol. The molecule has 0 aliphatic heterocycles. The van der Waals surface area contributed by atoms with Gasteiger partial charge in [0.25, 0.3) is 0 Å². The van der Waals surface area contributed by atoms with Gasteiger partial charge in [-0.25, -0.2) is 9.21 Å². The molecule has 0 atom stereocenters. The van der Waals surface area contributed by atoms with Crippen LogP contribution >= 0.6 is 11.8 Å². The highest BCUT2D eigenvalue weighted by molar-refractivity contribution is 6.19. The van der Waals surface area contributed by atoms with E-state index in [1.165, 1.54) is 7.05 Å². The molecule has 0 aliphatic carbocycles. The Morgan fingerprint density at radius 3 is 2.50 bits per heavy atom. The Bertz CT molecular complexity index is 84.1. The molecule has 4 heteroatoms. The van der Waals surface area contributed by atoms with Crippen molar-refractivity contribution < 1.29 is 9.53 Å². The first-order valence-electron chi connectivity index (χ1n) is 2.24. The normalized spacial score (nSPS) is 8.38. The lowest BCUT2D eigenvalue weighted by molar-refractivity contribution is 0.137. The highest BCUT2D eigenvalue weighted by Crippen LogP contribution is 1.91. The van der Waals surface area contributed by atoms with Gasteiger partial charge in [0, 0.05) is 18.8 Å². The Balaban J connectivity index is 3.33. The monoisotopic (exact) mass is 137 g/mol. The Labute approximate surface area is 53.3 Å². The summed E-state index contributed by atoms with van der Waals surface area (Å²) in [7, 11) is 1.42. The molecule has 0 radical (unpaired) electrons. The molecule has 3 nitrogen and oxygen atoms in total. The maximum absolute atomic E-state index is 10.3. The zero-order valence-corrected chi connectivity index (χ0v) is 5.60. The van der Waals surface area contributed by atoms with Gasteiger partial charge in [0.05, 0.1) is 6.61 Å². The molecule has 8 heavy (non-hydrogen) atoms. The molecule has 0 aliphatic rings. The minimum atomic E-state index is -0.519. The summed E-state index contributed by atoms with van der Waals surface area (Å²) in [6.07, 6.45) is -0.519. The summed E-state index contributed by atoms with van der Waals surface area (Å²) in [5.74, 6) is 0. The molecule has 0 aromatic carbocycles. The molecule has 0 unspecified atom stereocenters. The second kappa shape index (κ2) is 3.55. The van der Waals surface area contributed by atoms with Crippen LogP contribution in [-0.4, -0.2) is 24.2 Å². The number of carbonyl (C=O) groups is 1. The molecule has 0 heterocycles. The minimum Gasteiger partial charge on any atom is -0.449 e. The number of hydrogen-bond donors (Lipinski definition) is 0. The number of halogens is 1. The number of hydrogen-bond acceptors (Lipinski definition) is 2. The van der Waals surface area contributed by atoms with E-state index in [2.05, 4.69) is 4.74 Å². The predicted molar refractivity (Wildman–Crippen MR) is 30.6 cm³/mol. The SMILES string of the molecule is CCOC(=O)N(C)Cl. The van der Waals surface area contributed by atoms with Crippen molar-refractivity contribution in [3.63, 3.8) is 0 Å². The van der Waals surface area contributed by atoms with Crippen molar-refractivity contribution in [1.82, 2.24) is 4.42 Å². The van der Waals surface area contributed by atoms with Gasteiger partial charge in [0.1, 0.15) is 0 Å². The van der Waals surface area contributed by atoms with Crippen LogP contribution in [-0.2, 0) is 4.74 Å². The van der Waals surface area contributed by atoms with Crippen LogP contribution in [0.4, 0.5) is 4.79 Å². The standard InChI is InChI=1S/C4H8ClNO2/c1-3-8-4(7)6(2)5/h3H2,1-2H3. The molecule has 1 amide bonds. The van der Waals surface area contributed by atoms with Crippen LogP contribution in [0, 0.1) is 0 Å². The Morgan fingerprint density at radius 1 is 1.88 bits per heavy atom. The van der Waals surface area contributed by atoms with Crippen molar-refractivity contribution in [1.29, 1.82) is 0 Å². The van der Waals surface area contributed by atoms with Crippen LogP contribution < -0.4 is 0 Å². The quantitative estimate of drug-likeness (QED) is 0.509. The third-order valence-corrected chi connectivity index (χ3v) is 0.657. The van der Waals surface area contributed by atoms with Gasteiger partial charge < -0.3 is 4.74 Å². The van der Waals surface area contributed by atoms with Crippen LogP contribution in [0.15, 0.2) is 0 Å². The summed E-state index contributed by atoms with van der Waals surface area (Å²) in [5, 5.41) is 0. The number of ether oxygens (including phenoxy) is 1. The minimum absolute atomic E-state index is 0.357. The maximum atomic E-state index is 10.3. The molecule has 48 valence electrons. The van der Waals surface area contributed by atoms with Crippen molar-refractivity contribution in [2.75, 3.05) is 13.7 Å². The van der Waals surface area contributed by atoms with Crippen LogP contribution in [0.5, 0.6) is 0 Å². The van der Waals surface area contributed by atoms with Gasteiger partial charge >= 0.3 is 6.09 Å². The molecule has 0 rings (SSSR count). The Morgan fingerprint density at radius 2 is 2.38 bits per heavy atom. The molecule has 0 spiro atoms. The molecule has 0 aromatic heterocycles. The topological polar surface area (TPSA) is 29.5 Å². The molecule has 0 aromatic rings. The first-order chi connectivity index (χ1) is 3.68. The highest BCUT2D eigenvalue weighted by Gasteiger charge is 2.02.